The molecule has 0 saturated carbocycles. The summed E-state index contributed by atoms with van der Waals surface area (Å²) in [5, 5.41) is 4.18. The van der Waals surface area contributed by atoms with Crippen LogP contribution in [-0.4, -0.2) is 21.9 Å². The summed E-state index contributed by atoms with van der Waals surface area (Å²) in [5.74, 6) is 0.424. The van der Waals surface area contributed by atoms with Crippen LogP contribution in [-0.2, 0) is 6.54 Å². The Hall–Kier alpha value is -2.95. The van der Waals surface area contributed by atoms with Gasteiger partial charge in [-0.1, -0.05) is 36.4 Å². The Labute approximate surface area is 127 Å². The van der Waals surface area contributed by atoms with E-state index in [1.807, 2.05) is 36.4 Å². The molecule has 3 aromatic rings. The highest BCUT2D eigenvalue weighted by Gasteiger charge is 2.15. The van der Waals surface area contributed by atoms with Gasteiger partial charge in [-0.2, -0.15) is 5.10 Å². The van der Waals surface area contributed by atoms with Crippen molar-refractivity contribution >= 4 is 0 Å². The smallest absolute Gasteiger partial charge is 0.280 e. The van der Waals surface area contributed by atoms with Crippen LogP contribution < -0.4 is 10.3 Å². The first-order valence-corrected chi connectivity index (χ1v) is 6.89. The van der Waals surface area contributed by atoms with Gasteiger partial charge >= 0.3 is 0 Å². The van der Waals surface area contributed by atoms with E-state index < -0.39 is 0 Å². The van der Waals surface area contributed by atoms with E-state index in [9.17, 15) is 4.79 Å². The molecule has 0 radical (unpaired) electrons. The molecule has 0 aliphatic carbocycles. The average Bonchev–Trinajstić information content (AvgIpc) is 2.58. The normalized spacial score (nSPS) is 10.4. The lowest BCUT2D eigenvalue weighted by molar-refractivity contribution is 0.409. The first-order valence-electron chi connectivity index (χ1n) is 6.89. The minimum atomic E-state index is -0.220. The third kappa shape index (κ3) is 2.74. The van der Waals surface area contributed by atoms with Crippen LogP contribution in [0.4, 0.5) is 0 Å². The van der Waals surface area contributed by atoms with Crippen molar-refractivity contribution in [3.63, 3.8) is 0 Å². The molecule has 5 nitrogen and oxygen atoms in total. The minimum absolute atomic E-state index is 0.220. The van der Waals surface area contributed by atoms with Crippen molar-refractivity contribution in [2.24, 2.45) is 0 Å². The van der Waals surface area contributed by atoms with Gasteiger partial charge < -0.3 is 4.74 Å². The number of hydrogen-bond acceptors (Lipinski definition) is 4. The third-order valence-electron chi connectivity index (χ3n) is 3.33. The standard InChI is InChI=1S/C17H15N3O2/c1-22-15-11-19-20(12-13-7-3-2-4-8-13)17(21)16(15)14-9-5-6-10-18-14/h2-11H,12H2,1H3. The second-order valence-electron chi connectivity index (χ2n) is 4.75. The number of hydrogen-bond donors (Lipinski definition) is 0. The van der Waals surface area contributed by atoms with Crippen LogP contribution in [0.5, 0.6) is 5.75 Å². The molecule has 0 aliphatic heterocycles. The molecule has 0 bridgehead atoms. The Morgan fingerprint density at radius 3 is 2.55 bits per heavy atom. The Balaban J connectivity index is 2.09. The number of nitrogens with zero attached hydrogens (tertiary/aromatic N) is 3. The van der Waals surface area contributed by atoms with Crippen LogP contribution in [0.25, 0.3) is 11.3 Å². The maximum absolute atomic E-state index is 12.7. The number of ether oxygens (including phenoxy) is 1. The first kappa shape index (κ1) is 14.0. The van der Waals surface area contributed by atoms with E-state index in [4.69, 9.17) is 4.74 Å². The second-order valence-corrected chi connectivity index (χ2v) is 4.75. The van der Waals surface area contributed by atoms with E-state index in [2.05, 4.69) is 10.1 Å². The van der Waals surface area contributed by atoms with Gasteiger partial charge in [-0.3, -0.25) is 9.78 Å². The highest BCUT2D eigenvalue weighted by Crippen LogP contribution is 2.23. The van der Waals surface area contributed by atoms with Crippen LogP contribution in [0.2, 0.25) is 0 Å². The molecule has 0 fully saturated rings. The highest BCUT2D eigenvalue weighted by molar-refractivity contribution is 5.65. The zero-order valence-corrected chi connectivity index (χ0v) is 12.1. The maximum atomic E-state index is 12.7. The molecular formula is C17H15N3O2. The fourth-order valence-corrected chi connectivity index (χ4v) is 2.24. The largest absolute Gasteiger partial charge is 0.494 e. The Morgan fingerprint density at radius 1 is 1.09 bits per heavy atom. The van der Waals surface area contributed by atoms with Crippen molar-refractivity contribution in [1.29, 1.82) is 0 Å². The first-order chi connectivity index (χ1) is 10.8. The maximum Gasteiger partial charge on any atom is 0.280 e. The molecule has 0 amide bonds. The van der Waals surface area contributed by atoms with Crippen molar-refractivity contribution in [1.82, 2.24) is 14.8 Å². The van der Waals surface area contributed by atoms with Crippen molar-refractivity contribution < 1.29 is 4.74 Å². The van der Waals surface area contributed by atoms with Crippen molar-refractivity contribution in [2.45, 2.75) is 6.54 Å². The summed E-state index contributed by atoms with van der Waals surface area (Å²) >= 11 is 0. The summed E-state index contributed by atoms with van der Waals surface area (Å²) < 4.78 is 6.69. The molecule has 0 N–H and O–H groups in total. The zero-order chi connectivity index (χ0) is 15.4. The van der Waals surface area contributed by atoms with Gasteiger partial charge in [0.05, 0.1) is 25.5 Å². The van der Waals surface area contributed by atoms with Crippen molar-refractivity contribution in [3.05, 3.63) is 76.8 Å². The molecule has 0 spiro atoms. The zero-order valence-electron chi connectivity index (χ0n) is 12.1. The van der Waals surface area contributed by atoms with E-state index in [0.29, 0.717) is 23.6 Å². The van der Waals surface area contributed by atoms with E-state index in [0.717, 1.165) is 5.56 Å². The second kappa shape index (κ2) is 6.22. The van der Waals surface area contributed by atoms with Crippen LogP contribution >= 0.6 is 0 Å². The summed E-state index contributed by atoms with van der Waals surface area (Å²) in [5.41, 5.74) is 1.79. The topological polar surface area (TPSA) is 57.0 Å². The molecule has 0 saturated heterocycles. The van der Waals surface area contributed by atoms with E-state index in [-0.39, 0.29) is 5.56 Å². The summed E-state index contributed by atoms with van der Waals surface area (Å²) in [6.07, 6.45) is 3.20. The van der Waals surface area contributed by atoms with Gasteiger partial charge in [0, 0.05) is 6.20 Å². The van der Waals surface area contributed by atoms with E-state index in [1.165, 1.54) is 11.8 Å². The molecule has 22 heavy (non-hydrogen) atoms. The average molecular weight is 293 g/mol. The van der Waals surface area contributed by atoms with Gasteiger partial charge in [-0.25, -0.2) is 4.68 Å². The molecule has 2 heterocycles. The van der Waals surface area contributed by atoms with E-state index in [1.54, 1.807) is 24.5 Å². The van der Waals surface area contributed by atoms with Gasteiger partial charge in [-0.15, -0.1) is 0 Å². The van der Waals surface area contributed by atoms with Crippen LogP contribution in [0.15, 0.2) is 65.7 Å². The monoisotopic (exact) mass is 293 g/mol. The molecule has 5 heteroatoms. The quantitative estimate of drug-likeness (QED) is 0.741. The molecule has 1 aromatic carbocycles. The number of aromatic nitrogens is 3. The summed E-state index contributed by atoms with van der Waals surface area (Å²) in [4.78, 5) is 17.0. The number of rotatable bonds is 4. The fourth-order valence-electron chi connectivity index (χ4n) is 2.24. The third-order valence-corrected chi connectivity index (χ3v) is 3.33. The highest BCUT2D eigenvalue weighted by atomic mass is 16.5. The molecule has 0 atom stereocenters. The van der Waals surface area contributed by atoms with Crippen LogP contribution in [0.3, 0.4) is 0 Å². The van der Waals surface area contributed by atoms with Gasteiger partial charge in [0.15, 0.2) is 5.75 Å². The van der Waals surface area contributed by atoms with Crippen molar-refractivity contribution in [2.75, 3.05) is 7.11 Å². The van der Waals surface area contributed by atoms with Gasteiger partial charge in [-0.05, 0) is 17.7 Å². The lowest BCUT2D eigenvalue weighted by Gasteiger charge is -2.10. The molecule has 2 aromatic heterocycles. The van der Waals surface area contributed by atoms with Gasteiger partial charge in [0.1, 0.15) is 5.56 Å². The Kier molecular flexibility index (Phi) is 3.96. The van der Waals surface area contributed by atoms with Gasteiger partial charge in [0.2, 0.25) is 0 Å². The molecule has 0 aliphatic rings. The molecule has 0 unspecified atom stereocenters. The number of benzene rings is 1. The summed E-state index contributed by atoms with van der Waals surface area (Å²) in [6, 6.07) is 15.1. The van der Waals surface area contributed by atoms with E-state index >= 15 is 0 Å². The van der Waals surface area contributed by atoms with Gasteiger partial charge in [0.25, 0.3) is 5.56 Å². The molecule has 110 valence electrons. The van der Waals surface area contributed by atoms with Crippen molar-refractivity contribution in [3.8, 4) is 17.0 Å². The predicted molar refractivity (Wildman–Crippen MR) is 83.8 cm³/mol. The number of methoxy groups -OCH3 is 1. The lowest BCUT2D eigenvalue weighted by atomic mass is 10.1. The molecule has 3 rings (SSSR count). The number of pyridine rings is 1. The SMILES string of the molecule is COc1cnn(Cc2ccccc2)c(=O)c1-c1ccccn1. The molecular weight excluding hydrogens is 278 g/mol. The fraction of sp³-hybridized carbons (Fsp3) is 0.118. The minimum Gasteiger partial charge on any atom is -0.494 e. The predicted octanol–water partition coefficient (Wildman–Crippen LogP) is 2.36. The Bertz CT molecular complexity index is 814. The van der Waals surface area contributed by atoms with Crippen LogP contribution in [0, 0.1) is 0 Å². The summed E-state index contributed by atoms with van der Waals surface area (Å²) in [7, 11) is 1.52. The van der Waals surface area contributed by atoms with Crippen LogP contribution in [0.1, 0.15) is 5.56 Å². The Morgan fingerprint density at radius 2 is 1.86 bits per heavy atom. The summed E-state index contributed by atoms with van der Waals surface area (Å²) in [6.45, 7) is 0.406. The lowest BCUT2D eigenvalue weighted by Crippen LogP contribution is -2.25.